The number of allylic oxidation sites excluding steroid dienone is 4. The summed E-state index contributed by atoms with van der Waals surface area (Å²) in [6.45, 7) is 0. The Morgan fingerprint density at radius 3 is 2.75 bits per heavy atom. The first-order chi connectivity index (χ1) is 11.6. The average molecular weight is 334 g/mol. The van der Waals surface area contributed by atoms with E-state index in [1.807, 2.05) is 30.3 Å². The molecule has 2 aliphatic rings. The number of phenols is 1. The number of benzene rings is 2. The molecule has 4 rings (SSSR count). The van der Waals surface area contributed by atoms with Gasteiger partial charge in [-0.15, -0.1) is 0 Å². The zero-order chi connectivity index (χ0) is 16.7. The molecule has 1 aliphatic heterocycles. The van der Waals surface area contributed by atoms with Crippen LogP contribution in [0.2, 0.25) is 0 Å². The van der Waals surface area contributed by atoms with Crippen molar-refractivity contribution in [3.63, 3.8) is 0 Å². The summed E-state index contributed by atoms with van der Waals surface area (Å²) in [4.78, 5) is 13.9. The maximum Gasteiger partial charge on any atom is 0.336 e. The SMILES string of the molecule is O=C(O)c1ccc(O)cc1C1=C2C=CCC=C2Sc2ccccc21. The Labute approximate surface area is 143 Å². The molecule has 3 nitrogen and oxygen atoms in total. The highest BCUT2D eigenvalue weighted by Crippen LogP contribution is 2.49. The molecule has 1 heterocycles. The fraction of sp³-hybridized carbons (Fsp3) is 0.0500. The largest absolute Gasteiger partial charge is 0.508 e. The van der Waals surface area contributed by atoms with E-state index >= 15 is 0 Å². The fourth-order valence-corrected chi connectivity index (χ4v) is 4.22. The summed E-state index contributed by atoms with van der Waals surface area (Å²) in [5.74, 6) is -0.941. The second-order valence-electron chi connectivity index (χ2n) is 5.63. The predicted molar refractivity (Wildman–Crippen MR) is 95.2 cm³/mol. The van der Waals surface area contributed by atoms with Gasteiger partial charge in [-0.25, -0.2) is 4.79 Å². The Morgan fingerprint density at radius 1 is 1.08 bits per heavy atom. The average Bonchev–Trinajstić information content (AvgIpc) is 2.59. The molecule has 1 aliphatic carbocycles. The molecular weight excluding hydrogens is 320 g/mol. The molecular formula is C20H14O3S. The van der Waals surface area contributed by atoms with Gasteiger partial charge < -0.3 is 10.2 Å². The van der Waals surface area contributed by atoms with Gasteiger partial charge in [0.05, 0.1) is 5.56 Å². The first-order valence-electron chi connectivity index (χ1n) is 7.60. The van der Waals surface area contributed by atoms with E-state index in [-0.39, 0.29) is 11.3 Å². The van der Waals surface area contributed by atoms with E-state index in [9.17, 15) is 15.0 Å². The summed E-state index contributed by atoms with van der Waals surface area (Å²) < 4.78 is 0. The highest BCUT2D eigenvalue weighted by atomic mass is 32.2. The minimum absolute atomic E-state index is 0.0594. The number of carboxylic acid groups (broad SMARTS) is 1. The molecule has 0 spiro atoms. The van der Waals surface area contributed by atoms with E-state index in [0.29, 0.717) is 5.56 Å². The number of carboxylic acids is 1. The van der Waals surface area contributed by atoms with E-state index in [2.05, 4.69) is 12.2 Å². The van der Waals surface area contributed by atoms with Crippen LogP contribution in [0.4, 0.5) is 0 Å². The van der Waals surface area contributed by atoms with Gasteiger partial charge >= 0.3 is 5.97 Å². The summed E-state index contributed by atoms with van der Waals surface area (Å²) in [5.41, 5.74) is 3.60. The fourth-order valence-electron chi connectivity index (χ4n) is 3.10. The zero-order valence-electron chi connectivity index (χ0n) is 12.7. The van der Waals surface area contributed by atoms with Crippen molar-refractivity contribution in [2.24, 2.45) is 0 Å². The van der Waals surface area contributed by atoms with Crippen molar-refractivity contribution in [3.8, 4) is 5.75 Å². The topological polar surface area (TPSA) is 57.5 Å². The third-order valence-electron chi connectivity index (χ3n) is 4.14. The number of aromatic hydroxyl groups is 1. The van der Waals surface area contributed by atoms with Crippen LogP contribution in [0.15, 0.2) is 76.1 Å². The number of hydrogen-bond acceptors (Lipinski definition) is 3. The van der Waals surface area contributed by atoms with Gasteiger partial charge in [0, 0.05) is 15.4 Å². The lowest BCUT2D eigenvalue weighted by Crippen LogP contribution is -2.08. The second kappa shape index (κ2) is 5.73. The van der Waals surface area contributed by atoms with E-state index < -0.39 is 5.97 Å². The molecule has 0 fully saturated rings. The van der Waals surface area contributed by atoms with Gasteiger partial charge in [-0.2, -0.15) is 0 Å². The molecule has 0 aromatic heterocycles. The van der Waals surface area contributed by atoms with Crippen LogP contribution >= 0.6 is 11.8 Å². The van der Waals surface area contributed by atoms with Crippen LogP contribution in [-0.2, 0) is 0 Å². The third-order valence-corrected chi connectivity index (χ3v) is 5.32. The lowest BCUT2D eigenvalue weighted by molar-refractivity contribution is 0.0696. The molecule has 0 bridgehead atoms. The minimum Gasteiger partial charge on any atom is -0.508 e. The molecule has 2 aromatic carbocycles. The number of aromatic carboxylic acids is 1. The summed E-state index contributed by atoms with van der Waals surface area (Å²) >= 11 is 1.70. The number of fused-ring (bicyclic) bond motifs is 2. The second-order valence-corrected chi connectivity index (χ2v) is 6.71. The van der Waals surface area contributed by atoms with Gasteiger partial charge in [-0.1, -0.05) is 48.2 Å². The monoisotopic (exact) mass is 334 g/mol. The lowest BCUT2D eigenvalue weighted by atomic mass is 9.87. The normalized spacial score (nSPS) is 15.6. The standard InChI is InChI=1S/C20H14O3S/c21-12-9-10-13(20(22)23)16(11-12)19-14-5-1-3-7-17(14)24-18-8-4-2-6-15(18)19/h1-3,5-11,21H,4H2,(H,22,23). The van der Waals surface area contributed by atoms with Crippen LogP contribution in [-0.4, -0.2) is 16.2 Å². The molecule has 4 heteroatoms. The van der Waals surface area contributed by atoms with Gasteiger partial charge in [0.1, 0.15) is 5.75 Å². The maximum atomic E-state index is 11.7. The van der Waals surface area contributed by atoms with Crippen LogP contribution in [0.5, 0.6) is 5.75 Å². The highest BCUT2D eigenvalue weighted by molar-refractivity contribution is 8.03. The smallest absolute Gasteiger partial charge is 0.336 e. The lowest BCUT2D eigenvalue weighted by Gasteiger charge is -2.26. The van der Waals surface area contributed by atoms with E-state index in [1.165, 1.54) is 12.1 Å². The predicted octanol–water partition coefficient (Wildman–Crippen LogP) is 4.84. The quantitative estimate of drug-likeness (QED) is 0.825. The van der Waals surface area contributed by atoms with Crippen molar-refractivity contribution in [1.82, 2.24) is 0 Å². The molecule has 0 saturated heterocycles. The van der Waals surface area contributed by atoms with Crippen molar-refractivity contribution in [2.45, 2.75) is 11.3 Å². The van der Waals surface area contributed by atoms with E-state index in [1.54, 1.807) is 17.8 Å². The number of thioether (sulfide) groups is 1. The van der Waals surface area contributed by atoms with Crippen LogP contribution in [0, 0.1) is 0 Å². The molecule has 24 heavy (non-hydrogen) atoms. The van der Waals surface area contributed by atoms with Gasteiger partial charge in [-0.05, 0) is 47.4 Å². The number of rotatable bonds is 2. The molecule has 118 valence electrons. The Morgan fingerprint density at radius 2 is 1.92 bits per heavy atom. The number of hydrogen-bond donors (Lipinski definition) is 2. The van der Waals surface area contributed by atoms with Crippen LogP contribution in [0.3, 0.4) is 0 Å². The molecule has 2 N–H and O–H groups in total. The van der Waals surface area contributed by atoms with Crippen molar-refractivity contribution in [2.75, 3.05) is 0 Å². The van der Waals surface area contributed by atoms with Crippen LogP contribution < -0.4 is 0 Å². The van der Waals surface area contributed by atoms with Gasteiger partial charge in [0.2, 0.25) is 0 Å². The molecule has 0 radical (unpaired) electrons. The van der Waals surface area contributed by atoms with E-state index in [4.69, 9.17) is 0 Å². The van der Waals surface area contributed by atoms with Crippen LogP contribution in [0.25, 0.3) is 5.57 Å². The maximum absolute atomic E-state index is 11.7. The number of carbonyl (C=O) groups is 1. The van der Waals surface area contributed by atoms with Crippen molar-refractivity contribution in [1.29, 1.82) is 0 Å². The summed E-state index contributed by atoms with van der Waals surface area (Å²) in [6.07, 6.45) is 7.13. The Kier molecular flexibility index (Phi) is 3.54. The Balaban J connectivity index is 2.08. The molecule has 2 aromatic rings. The molecule has 0 atom stereocenters. The zero-order valence-corrected chi connectivity index (χ0v) is 13.5. The van der Waals surface area contributed by atoms with Crippen LogP contribution in [0.1, 0.15) is 27.9 Å². The summed E-state index contributed by atoms with van der Waals surface area (Å²) in [5, 5.41) is 19.5. The molecule has 0 amide bonds. The molecule has 0 unspecified atom stereocenters. The van der Waals surface area contributed by atoms with E-state index in [0.717, 1.165) is 32.9 Å². The van der Waals surface area contributed by atoms with Crippen molar-refractivity contribution >= 4 is 23.3 Å². The van der Waals surface area contributed by atoms with Gasteiger partial charge in [-0.3, -0.25) is 0 Å². The van der Waals surface area contributed by atoms with Crippen molar-refractivity contribution < 1.29 is 15.0 Å². The number of phenolic OH excluding ortho intramolecular Hbond substituents is 1. The first kappa shape index (κ1) is 14.8. The minimum atomic E-state index is -1.00. The Bertz CT molecular complexity index is 951. The summed E-state index contributed by atoms with van der Waals surface area (Å²) in [7, 11) is 0. The molecule has 0 saturated carbocycles. The highest BCUT2D eigenvalue weighted by Gasteiger charge is 2.27. The van der Waals surface area contributed by atoms with Gasteiger partial charge in [0.25, 0.3) is 0 Å². The summed E-state index contributed by atoms with van der Waals surface area (Å²) in [6, 6.07) is 12.4. The van der Waals surface area contributed by atoms with Crippen molar-refractivity contribution in [3.05, 3.63) is 87.9 Å². The van der Waals surface area contributed by atoms with Gasteiger partial charge in [0.15, 0.2) is 0 Å². The first-order valence-corrected chi connectivity index (χ1v) is 8.42. The Hall–Kier alpha value is -2.72. The third kappa shape index (κ3) is 2.36.